The minimum Gasteiger partial charge on any atom is -0.487 e. The number of rotatable bonds is 3. The molecule has 10 nitrogen and oxygen atoms in total. The Bertz CT molecular complexity index is 1930. The largest absolute Gasteiger partial charge is 0.487 e. The number of fused-ring (bicyclic) bond motifs is 4. The van der Waals surface area contributed by atoms with Crippen LogP contribution in [0.25, 0.3) is 0 Å². The summed E-state index contributed by atoms with van der Waals surface area (Å²) in [6, 6.07) is 13.2. The van der Waals surface area contributed by atoms with Gasteiger partial charge in [-0.25, -0.2) is 18.1 Å². The maximum atomic E-state index is 13.6. The Morgan fingerprint density at radius 3 is 2.64 bits per heavy atom. The summed E-state index contributed by atoms with van der Waals surface area (Å²) in [5.74, 6) is 0.681. The summed E-state index contributed by atoms with van der Waals surface area (Å²) in [5.41, 5.74) is 4.72. The van der Waals surface area contributed by atoms with Gasteiger partial charge >= 0.3 is 0 Å². The Morgan fingerprint density at radius 1 is 1.00 bits per heavy atom. The molecule has 3 aromatic rings. The van der Waals surface area contributed by atoms with Gasteiger partial charge in [0.2, 0.25) is 15.9 Å². The molecule has 1 saturated carbocycles. The highest BCUT2D eigenvalue weighted by molar-refractivity contribution is 7.90. The summed E-state index contributed by atoms with van der Waals surface area (Å²) in [6.45, 7) is 7.45. The lowest BCUT2D eigenvalue weighted by atomic mass is 9.62. The lowest BCUT2D eigenvalue weighted by molar-refractivity contribution is -0.107. The molecule has 4 heterocycles. The summed E-state index contributed by atoms with van der Waals surface area (Å²) in [6.07, 6.45) is 9.30. The molecule has 12 heteroatoms. The van der Waals surface area contributed by atoms with Crippen molar-refractivity contribution in [2.24, 2.45) is 17.8 Å². The summed E-state index contributed by atoms with van der Waals surface area (Å²) in [4.78, 5) is 22.7. The number of hydrogen-bond donors (Lipinski definition) is 2. The molecule has 0 spiro atoms. The molecule has 1 aromatic heterocycles. The van der Waals surface area contributed by atoms with Crippen molar-refractivity contribution in [1.82, 2.24) is 14.6 Å². The van der Waals surface area contributed by atoms with Gasteiger partial charge in [-0.15, -0.1) is 0 Å². The Kier molecular flexibility index (Phi) is 11.3. The number of sulfonamides is 1. The highest BCUT2D eigenvalue weighted by Crippen LogP contribution is 2.47. The van der Waals surface area contributed by atoms with E-state index in [1.807, 2.05) is 37.4 Å². The number of ether oxygens (including phenoxy) is 2. The first kappa shape index (κ1) is 37.9. The van der Waals surface area contributed by atoms with Crippen molar-refractivity contribution >= 4 is 33.2 Å². The van der Waals surface area contributed by atoms with E-state index in [9.17, 15) is 18.3 Å². The van der Waals surface area contributed by atoms with Crippen LogP contribution in [0, 0.1) is 17.8 Å². The standard InChI is InChI=1S/C41H53ClN4O6S/c1-27-7-6-16-41(48,26-45-18-15-31-22-43-39(51-3)21-34(31)23-45)36-13-10-32(36)24-46-17-5-4-8-29-19-35(42)12-9-33(29)25-52-38-14-11-30(20-37(38)46)40(47)44-53(49,50)28(27)2/h9,11-12,14,19-22,27-28,32,36,48H,4-8,10,13,15-18,23-26H2,1-3H3,(H,44,47)/t27-,28+,32-,36+,41-/m0/s1. The van der Waals surface area contributed by atoms with E-state index in [0.717, 1.165) is 62.9 Å². The van der Waals surface area contributed by atoms with Crippen LogP contribution in [0.3, 0.4) is 0 Å². The molecule has 7 rings (SSSR count). The number of aromatic nitrogens is 1. The molecule has 2 N–H and O–H groups in total. The normalized spacial score (nSPS) is 28.1. The lowest BCUT2D eigenvalue weighted by Crippen LogP contribution is -2.56. The second kappa shape index (κ2) is 15.8. The molecule has 0 radical (unpaired) electrons. The Labute approximate surface area is 319 Å². The number of aryl methyl sites for hydroxylation is 1. The van der Waals surface area contributed by atoms with Gasteiger partial charge in [0.05, 0.1) is 23.6 Å². The van der Waals surface area contributed by atoms with Crippen LogP contribution in [-0.2, 0) is 36.0 Å². The zero-order valence-electron chi connectivity index (χ0n) is 31.2. The summed E-state index contributed by atoms with van der Waals surface area (Å²) in [5, 5.41) is 12.8. The highest BCUT2D eigenvalue weighted by Gasteiger charge is 2.48. The molecule has 1 fully saturated rings. The number of β-amino-alcohol motifs (C(OH)–C–C–N with tert-alkyl or cyclic N) is 1. The van der Waals surface area contributed by atoms with E-state index in [4.69, 9.17) is 21.1 Å². The lowest BCUT2D eigenvalue weighted by Gasteiger charge is -2.51. The number of benzene rings is 2. The average Bonchev–Trinajstić information content (AvgIpc) is 3.15. The maximum Gasteiger partial charge on any atom is 0.264 e. The number of methoxy groups -OCH3 is 1. The van der Waals surface area contributed by atoms with E-state index in [0.29, 0.717) is 62.2 Å². The summed E-state index contributed by atoms with van der Waals surface area (Å²) < 4.78 is 41.5. The molecule has 1 aliphatic carbocycles. The molecule has 0 saturated heterocycles. The van der Waals surface area contributed by atoms with Gasteiger partial charge in [-0.2, -0.15) is 0 Å². The maximum absolute atomic E-state index is 13.6. The van der Waals surface area contributed by atoms with Gasteiger partial charge in [0, 0.05) is 55.6 Å². The van der Waals surface area contributed by atoms with E-state index >= 15 is 0 Å². The minimum absolute atomic E-state index is 0.0701. The van der Waals surface area contributed by atoms with Crippen LogP contribution in [0.5, 0.6) is 11.6 Å². The van der Waals surface area contributed by atoms with Crippen LogP contribution in [-0.4, -0.2) is 73.5 Å². The van der Waals surface area contributed by atoms with Gasteiger partial charge in [0.15, 0.2) is 0 Å². The highest BCUT2D eigenvalue weighted by atomic mass is 35.5. The molecule has 5 atom stereocenters. The van der Waals surface area contributed by atoms with E-state index in [1.54, 1.807) is 32.2 Å². The van der Waals surface area contributed by atoms with Crippen molar-refractivity contribution < 1.29 is 27.8 Å². The Balaban J connectivity index is 1.23. The number of carbonyl (C=O) groups excluding carboxylic acids is 1. The number of nitrogens with one attached hydrogen (secondary N) is 1. The zero-order chi connectivity index (χ0) is 37.3. The van der Waals surface area contributed by atoms with Crippen molar-refractivity contribution in [3.63, 3.8) is 0 Å². The summed E-state index contributed by atoms with van der Waals surface area (Å²) in [7, 11) is -2.34. The van der Waals surface area contributed by atoms with Gasteiger partial charge in [0.25, 0.3) is 5.91 Å². The predicted octanol–water partition coefficient (Wildman–Crippen LogP) is 6.55. The second-order valence-electron chi connectivity index (χ2n) is 15.8. The Hall–Kier alpha value is -3.38. The van der Waals surface area contributed by atoms with Crippen molar-refractivity contribution in [3.05, 3.63) is 81.5 Å². The van der Waals surface area contributed by atoms with Crippen LogP contribution >= 0.6 is 11.6 Å². The number of carbonyl (C=O) groups is 1. The minimum atomic E-state index is -3.97. The third-order valence-electron chi connectivity index (χ3n) is 12.5. The number of pyridine rings is 1. The first-order chi connectivity index (χ1) is 25.4. The van der Waals surface area contributed by atoms with Gasteiger partial charge < -0.3 is 19.5 Å². The van der Waals surface area contributed by atoms with Crippen LogP contribution in [0.1, 0.15) is 91.4 Å². The SMILES string of the molecule is COc1cc2c(cn1)CCN(C[C@@]1(O)CCC[C@H](C)[C@@H](C)S(=O)(=O)NC(=O)c3ccc4c(c3)N(CCCCc3cc(Cl)ccc3CO4)C[C@@H]3CC[C@H]31)C2. The van der Waals surface area contributed by atoms with Crippen molar-refractivity contribution in [1.29, 1.82) is 0 Å². The zero-order valence-corrected chi connectivity index (χ0v) is 32.7. The van der Waals surface area contributed by atoms with Gasteiger partial charge in [-0.05, 0) is 129 Å². The Morgan fingerprint density at radius 2 is 1.85 bits per heavy atom. The van der Waals surface area contributed by atoms with Crippen LogP contribution < -0.4 is 19.1 Å². The number of hydrogen-bond acceptors (Lipinski definition) is 9. The first-order valence-electron chi connectivity index (χ1n) is 19.2. The van der Waals surface area contributed by atoms with Crippen LogP contribution in [0.2, 0.25) is 5.02 Å². The molecule has 4 aliphatic rings. The van der Waals surface area contributed by atoms with Crippen LogP contribution in [0.4, 0.5) is 5.69 Å². The van der Waals surface area contributed by atoms with Gasteiger partial charge in [0.1, 0.15) is 12.4 Å². The fourth-order valence-corrected chi connectivity index (χ4v) is 10.4. The topological polar surface area (TPSA) is 121 Å². The van der Waals surface area contributed by atoms with Crippen molar-refractivity contribution in [2.75, 3.05) is 38.2 Å². The summed E-state index contributed by atoms with van der Waals surface area (Å²) >= 11 is 6.39. The first-order valence-corrected chi connectivity index (χ1v) is 21.2. The van der Waals surface area contributed by atoms with E-state index in [2.05, 4.69) is 19.5 Å². The average molecular weight is 765 g/mol. The number of nitrogens with zero attached hydrogens (tertiary/aromatic N) is 3. The molecule has 1 amide bonds. The number of amides is 1. The molecule has 53 heavy (non-hydrogen) atoms. The molecule has 0 unspecified atom stereocenters. The van der Waals surface area contributed by atoms with Crippen molar-refractivity contribution in [2.45, 2.75) is 95.6 Å². The molecule has 2 aromatic carbocycles. The predicted molar refractivity (Wildman–Crippen MR) is 207 cm³/mol. The number of halogens is 1. The monoisotopic (exact) mass is 764 g/mol. The molecular formula is C41H53ClN4O6S. The quantitative estimate of drug-likeness (QED) is 0.306. The third-order valence-corrected chi connectivity index (χ3v) is 14.6. The smallest absolute Gasteiger partial charge is 0.264 e. The van der Waals surface area contributed by atoms with Gasteiger partial charge in [-0.3, -0.25) is 9.69 Å². The molecule has 3 aliphatic heterocycles. The van der Waals surface area contributed by atoms with E-state index in [1.165, 1.54) is 16.7 Å². The van der Waals surface area contributed by atoms with Crippen LogP contribution in [0.15, 0.2) is 48.7 Å². The van der Waals surface area contributed by atoms with Crippen molar-refractivity contribution in [3.8, 4) is 11.6 Å². The third kappa shape index (κ3) is 8.33. The molecule has 2 bridgehead atoms. The molecule has 286 valence electrons. The fourth-order valence-electron chi connectivity index (χ4n) is 8.90. The molecular weight excluding hydrogens is 712 g/mol. The van der Waals surface area contributed by atoms with Gasteiger partial charge in [-0.1, -0.05) is 31.0 Å². The number of aliphatic hydroxyl groups is 1. The fraction of sp³-hybridized carbons (Fsp3) is 0.561. The second-order valence-corrected chi connectivity index (χ2v) is 18.3. The van der Waals surface area contributed by atoms with E-state index in [-0.39, 0.29) is 23.3 Å². The van der Waals surface area contributed by atoms with E-state index < -0.39 is 26.8 Å². The number of anilines is 1.